The number of halogens is 2. The van der Waals surface area contributed by atoms with E-state index in [1.165, 1.54) is 31.4 Å². The van der Waals surface area contributed by atoms with Crippen molar-refractivity contribution in [3.05, 3.63) is 76.8 Å². The predicted octanol–water partition coefficient (Wildman–Crippen LogP) is 5.20. The summed E-state index contributed by atoms with van der Waals surface area (Å²) in [6, 6.07) is 18.2. The fourth-order valence-corrected chi connectivity index (χ4v) is 4.11. The summed E-state index contributed by atoms with van der Waals surface area (Å²) in [5.74, 6) is 0.709. The second kappa shape index (κ2) is 10.1. The van der Waals surface area contributed by atoms with Gasteiger partial charge in [0.15, 0.2) is 5.75 Å². The first-order chi connectivity index (χ1) is 15.2. The number of sulfonamides is 1. The summed E-state index contributed by atoms with van der Waals surface area (Å²) in [6.07, 6.45) is 1.00. The number of methoxy groups -OCH3 is 1. The summed E-state index contributed by atoms with van der Waals surface area (Å²) in [6.45, 7) is -0.487. The van der Waals surface area contributed by atoms with E-state index in [4.69, 9.17) is 32.7 Å². The van der Waals surface area contributed by atoms with E-state index in [2.05, 4.69) is 5.32 Å². The minimum atomic E-state index is -3.79. The number of carbonyl (C=O) groups excluding carboxylic acids is 1. The minimum absolute atomic E-state index is 0.215. The molecule has 3 rings (SSSR count). The van der Waals surface area contributed by atoms with Crippen LogP contribution in [0.15, 0.2) is 66.7 Å². The van der Waals surface area contributed by atoms with Crippen LogP contribution in [0.2, 0.25) is 10.0 Å². The van der Waals surface area contributed by atoms with Gasteiger partial charge in [0.1, 0.15) is 18.0 Å². The Balaban J connectivity index is 1.84. The SMILES string of the molecule is COc1ccc(N(CC(=O)Nc2cc(Cl)ccc2Oc2ccccc2)S(C)(=O)=O)cc1Cl. The minimum Gasteiger partial charge on any atom is -0.495 e. The van der Waals surface area contributed by atoms with Crippen LogP contribution in [0.1, 0.15) is 0 Å². The summed E-state index contributed by atoms with van der Waals surface area (Å²) in [5, 5.41) is 3.26. The molecule has 0 fully saturated rings. The third-order valence-electron chi connectivity index (χ3n) is 4.30. The molecule has 0 atom stereocenters. The number of carbonyl (C=O) groups is 1. The lowest BCUT2D eigenvalue weighted by molar-refractivity contribution is -0.114. The molecule has 0 spiro atoms. The van der Waals surface area contributed by atoms with E-state index in [0.29, 0.717) is 28.0 Å². The van der Waals surface area contributed by atoms with Crippen LogP contribution < -0.4 is 19.1 Å². The fraction of sp³-hybridized carbons (Fsp3) is 0.136. The molecular weight excluding hydrogens is 475 g/mol. The van der Waals surface area contributed by atoms with Crippen molar-refractivity contribution in [3.63, 3.8) is 0 Å². The van der Waals surface area contributed by atoms with Gasteiger partial charge in [0.2, 0.25) is 15.9 Å². The van der Waals surface area contributed by atoms with Crippen LogP contribution >= 0.6 is 23.2 Å². The fourth-order valence-electron chi connectivity index (χ4n) is 2.83. The molecule has 0 aliphatic rings. The van der Waals surface area contributed by atoms with Crippen LogP contribution in [0.5, 0.6) is 17.2 Å². The van der Waals surface area contributed by atoms with E-state index in [1.54, 1.807) is 24.3 Å². The van der Waals surface area contributed by atoms with Crippen molar-refractivity contribution in [3.8, 4) is 17.2 Å². The maximum absolute atomic E-state index is 12.8. The average Bonchev–Trinajstić information content (AvgIpc) is 2.74. The van der Waals surface area contributed by atoms with Crippen LogP contribution in [0.25, 0.3) is 0 Å². The highest BCUT2D eigenvalue weighted by Gasteiger charge is 2.22. The summed E-state index contributed by atoms with van der Waals surface area (Å²) in [7, 11) is -2.35. The maximum atomic E-state index is 12.8. The van der Waals surface area contributed by atoms with Gasteiger partial charge < -0.3 is 14.8 Å². The molecule has 0 saturated carbocycles. The van der Waals surface area contributed by atoms with Crippen molar-refractivity contribution in [1.29, 1.82) is 0 Å². The Morgan fingerprint density at radius 2 is 1.69 bits per heavy atom. The average molecular weight is 495 g/mol. The molecule has 0 aliphatic heterocycles. The lowest BCUT2D eigenvalue weighted by atomic mass is 10.2. The van der Waals surface area contributed by atoms with E-state index in [1.807, 2.05) is 18.2 Å². The number of hydrogen-bond acceptors (Lipinski definition) is 5. The highest BCUT2D eigenvalue weighted by atomic mass is 35.5. The van der Waals surface area contributed by atoms with E-state index in [-0.39, 0.29) is 10.7 Å². The lowest BCUT2D eigenvalue weighted by Gasteiger charge is -2.23. The monoisotopic (exact) mass is 494 g/mol. The molecule has 7 nitrogen and oxygen atoms in total. The number of ether oxygens (including phenoxy) is 2. The van der Waals surface area contributed by atoms with Crippen LogP contribution in [0.3, 0.4) is 0 Å². The maximum Gasteiger partial charge on any atom is 0.245 e. The standard InChI is InChI=1S/C22H20Cl2N2O5S/c1-30-20-11-9-16(13-18(20)24)26(32(2,28)29)14-22(27)25-19-12-15(23)8-10-21(19)31-17-6-4-3-5-7-17/h3-13H,14H2,1-2H3,(H,25,27). The number of benzene rings is 3. The first kappa shape index (κ1) is 23.7. The first-order valence-electron chi connectivity index (χ1n) is 9.31. The van der Waals surface area contributed by atoms with E-state index >= 15 is 0 Å². The number of hydrogen-bond donors (Lipinski definition) is 1. The largest absolute Gasteiger partial charge is 0.495 e. The molecule has 0 radical (unpaired) electrons. The molecule has 0 saturated heterocycles. The molecular formula is C22H20Cl2N2O5S. The van der Waals surface area contributed by atoms with Gasteiger partial charge >= 0.3 is 0 Å². The van der Waals surface area contributed by atoms with Crippen molar-refractivity contribution in [1.82, 2.24) is 0 Å². The van der Waals surface area contributed by atoms with E-state index < -0.39 is 22.5 Å². The van der Waals surface area contributed by atoms with Gasteiger partial charge in [-0.15, -0.1) is 0 Å². The molecule has 1 N–H and O–H groups in total. The summed E-state index contributed by atoms with van der Waals surface area (Å²) < 4.78 is 36.6. The Morgan fingerprint density at radius 1 is 1.00 bits per heavy atom. The van der Waals surface area contributed by atoms with Crippen LogP contribution in [-0.4, -0.2) is 34.2 Å². The zero-order valence-electron chi connectivity index (χ0n) is 17.2. The topological polar surface area (TPSA) is 84.9 Å². The third-order valence-corrected chi connectivity index (χ3v) is 5.97. The Morgan fingerprint density at radius 3 is 2.31 bits per heavy atom. The van der Waals surface area contributed by atoms with Gasteiger partial charge in [0, 0.05) is 5.02 Å². The molecule has 0 aromatic heterocycles. The molecule has 0 bridgehead atoms. The smallest absolute Gasteiger partial charge is 0.245 e. The number of rotatable bonds is 8. The third kappa shape index (κ3) is 6.06. The molecule has 3 aromatic carbocycles. The van der Waals surface area contributed by atoms with Crippen LogP contribution in [-0.2, 0) is 14.8 Å². The first-order valence-corrected chi connectivity index (χ1v) is 11.9. The van der Waals surface area contributed by atoms with E-state index in [9.17, 15) is 13.2 Å². The molecule has 32 heavy (non-hydrogen) atoms. The van der Waals surface area contributed by atoms with Crippen molar-refractivity contribution in [2.45, 2.75) is 0 Å². The second-order valence-corrected chi connectivity index (χ2v) is 9.44. The number of nitrogens with one attached hydrogen (secondary N) is 1. The van der Waals surface area contributed by atoms with E-state index in [0.717, 1.165) is 10.6 Å². The number of para-hydroxylation sites is 1. The lowest BCUT2D eigenvalue weighted by Crippen LogP contribution is -2.37. The Kier molecular flexibility index (Phi) is 7.50. The number of nitrogens with zero attached hydrogens (tertiary/aromatic N) is 1. The van der Waals surface area contributed by atoms with Gasteiger partial charge in [-0.1, -0.05) is 41.4 Å². The zero-order valence-corrected chi connectivity index (χ0v) is 19.5. The quantitative estimate of drug-likeness (QED) is 0.465. The predicted molar refractivity (Wildman–Crippen MR) is 127 cm³/mol. The molecule has 168 valence electrons. The highest BCUT2D eigenvalue weighted by molar-refractivity contribution is 7.92. The van der Waals surface area contributed by atoms with Crippen LogP contribution in [0.4, 0.5) is 11.4 Å². The van der Waals surface area contributed by atoms with Gasteiger partial charge in [-0.05, 0) is 48.5 Å². The highest BCUT2D eigenvalue weighted by Crippen LogP contribution is 2.33. The molecule has 0 heterocycles. The second-order valence-electron chi connectivity index (χ2n) is 6.69. The summed E-state index contributed by atoms with van der Waals surface area (Å²) in [5.41, 5.74) is 0.521. The summed E-state index contributed by atoms with van der Waals surface area (Å²) in [4.78, 5) is 12.8. The summed E-state index contributed by atoms with van der Waals surface area (Å²) >= 11 is 12.2. The van der Waals surface area contributed by atoms with Gasteiger partial charge in [-0.2, -0.15) is 0 Å². The number of amides is 1. The Labute approximate surface area is 196 Å². The molecule has 1 amide bonds. The Bertz CT molecular complexity index is 1220. The van der Waals surface area contributed by atoms with Crippen molar-refractivity contribution >= 4 is 50.5 Å². The number of anilines is 2. The van der Waals surface area contributed by atoms with Crippen LogP contribution in [0, 0.1) is 0 Å². The van der Waals surface area contributed by atoms with Crippen molar-refractivity contribution < 1.29 is 22.7 Å². The normalized spacial score (nSPS) is 11.0. The van der Waals surface area contributed by atoms with Gasteiger partial charge in [0.05, 0.1) is 29.8 Å². The molecule has 0 unspecified atom stereocenters. The zero-order chi connectivity index (χ0) is 23.3. The van der Waals surface area contributed by atoms with Gasteiger partial charge in [-0.3, -0.25) is 9.10 Å². The van der Waals surface area contributed by atoms with Crippen molar-refractivity contribution in [2.24, 2.45) is 0 Å². The molecule has 3 aromatic rings. The van der Waals surface area contributed by atoms with Gasteiger partial charge in [-0.25, -0.2) is 8.42 Å². The molecule has 10 heteroatoms. The van der Waals surface area contributed by atoms with Crippen molar-refractivity contribution in [2.75, 3.05) is 29.5 Å². The molecule has 0 aliphatic carbocycles. The van der Waals surface area contributed by atoms with Gasteiger partial charge in [0.25, 0.3) is 0 Å². The Hall–Kier alpha value is -2.94.